The molecule has 0 aliphatic rings. The first-order chi connectivity index (χ1) is 9.24. The van der Waals surface area contributed by atoms with Crippen LogP contribution in [0.25, 0.3) is 0 Å². The maximum Gasteiger partial charge on any atom is 0.123 e. The largest absolute Gasteiger partial charge is 0.467 e. The lowest BCUT2D eigenvalue weighted by molar-refractivity contribution is 0.298. The van der Waals surface area contributed by atoms with Crippen LogP contribution in [0.3, 0.4) is 0 Å². The van der Waals surface area contributed by atoms with Crippen LogP contribution in [0.5, 0.6) is 0 Å². The third-order valence-corrected chi connectivity index (χ3v) is 3.39. The smallest absolute Gasteiger partial charge is 0.123 e. The van der Waals surface area contributed by atoms with Crippen molar-refractivity contribution in [2.45, 2.75) is 25.3 Å². The SMILES string of the molecule is C=CC[C@](C)(NCCc1ccccc1)c1ccco1. The monoisotopic (exact) mass is 255 g/mol. The summed E-state index contributed by atoms with van der Waals surface area (Å²) in [4.78, 5) is 0. The van der Waals surface area contributed by atoms with Crippen LogP contribution in [0.1, 0.15) is 24.7 Å². The summed E-state index contributed by atoms with van der Waals surface area (Å²) in [5, 5.41) is 3.58. The van der Waals surface area contributed by atoms with Crippen LogP contribution in [0.4, 0.5) is 0 Å². The average molecular weight is 255 g/mol. The van der Waals surface area contributed by atoms with Gasteiger partial charge in [0.15, 0.2) is 0 Å². The van der Waals surface area contributed by atoms with Gasteiger partial charge in [0.05, 0.1) is 11.8 Å². The number of nitrogens with one attached hydrogen (secondary N) is 1. The molecule has 1 atom stereocenters. The minimum Gasteiger partial charge on any atom is -0.467 e. The van der Waals surface area contributed by atoms with Gasteiger partial charge in [-0.2, -0.15) is 0 Å². The average Bonchev–Trinajstić information content (AvgIpc) is 2.95. The summed E-state index contributed by atoms with van der Waals surface area (Å²) < 4.78 is 5.54. The van der Waals surface area contributed by atoms with E-state index in [0.29, 0.717) is 0 Å². The summed E-state index contributed by atoms with van der Waals surface area (Å²) in [5.41, 5.74) is 1.16. The van der Waals surface area contributed by atoms with Crippen LogP contribution in [-0.4, -0.2) is 6.54 Å². The molecule has 2 rings (SSSR count). The Hall–Kier alpha value is -1.80. The molecule has 0 amide bonds. The van der Waals surface area contributed by atoms with Gasteiger partial charge in [0.25, 0.3) is 0 Å². The molecule has 0 aliphatic carbocycles. The predicted octanol–water partition coefficient (Wildman–Crippen LogP) is 3.90. The van der Waals surface area contributed by atoms with Crippen molar-refractivity contribution < 1.29 is 4.42 Å². The zero-order valence-electron chi connectivity index (χ0n) is 11.4. The van der Waals surface area contributed by atoms with Crippen LogP contribution in [0.2, 0.25) is 0 Å². The van der Waals surface area contributed by atoms with Crippen LogP contribution < -0.4 is 5.32 Å². The van der Waals surface area contributed by atoms with Crippen molar-refractivity contribution >= 4 is 0 Å². The molecular weight excluding hydrogens is 234 g/mol. The number of hydrogen-bond acceptors (Lipinski definition) is 2. The normalized spacial score (nSPS) is 13.9. The van der Waals surface area contributed by atoms with Crippen molar-refractivity contribution in [3.63, 3.8) is 0 Å². The molecule has 2 nitrogen and oxygen atoms in total. The molecule has 1 aromatic carbocycles. The Kier molecular flexibility index (Phi) is 4.58. The highest BCUT2D eigenvalue weighted by atomic mass is 16.3. The van der Waals surface area contributed by atoms with Gasteiger partial charge < -0.3 is 9.73 Å². The van der Waals surface area contributed by atoms with Crippen molar-refractivity contribution in [2.75, 3.05) is 6.54 Å². The number of hydrogen-bond donors (Lipinski definition) is 1. The molecule has 0 saturated heterocycles. The van der Waals surface area contributed by atoms with E-state index in [0.717, 1.165) is 25.1 Å². The highest BCUT2D eigenvalue weighted by molar-refractivity contribution is 5.16. The fourth-order valence-corrected chi connectivity index (χ4v) is 2.27. The second kappa shape index (κ2) is 6.39. The fraction of sp³-hybridized carbons (Fsp3) is 0.294. The molecule has 1 aromatic heterocycles. The van der Waals surface area contributed by atoms with Gasteiger partial charge in [-0.05, 0) is 37.5 Å². The van der Waals surface area contributed by atoms with E-state index in [1.807, 2.05) is 24.3 Å². The van der Waals surface area contributed by atoms with E-state index in [2.05, 4.69) is 43.1 Å². The summed E-state index contributed by atoms with van der Waals surface area (Å²) in [7, 11) is 0. The summed E-state index contributed by atoms with van der Waals surface area (Å²) in [5.74, 6) is 0.959. The van der Waals surface area contributed by atoms with Gasteiger partial charge >= 0.3 is 0 Å². The van der Waals surface area contributed by atoms with Crippen molar-refractivity contribution in [1.29, 1.82) is 0 Å². The second-order valence-electron chi connectivity index (χ2n) is 4.96. The van der Waals surface area contributed by atoms with Crippen molar-refractivity contribution in [2.24, 2.45) is 0 Å². The molecule has 0 saturated carbocycles. The van der Waals surface area contributed by atoms with E-state index in [-0.39, 0.29) is 5.54 Å². The quantitative estimate of drug-likeness (QED) is 0.759. The molecule has 0 bridgehead atoms. The molecule has 19 heavy (non-hydrogen) atoms. The van der Waals surface area contributed by atoms with E-state index in [4.69, 9.17) is 4.42 Å². The van der Waals surface area contributed by atoms with E-state index >= 15 is 0 Å². The standard InChI is InChI=1S/C17H21NO/c1-3-12-17(2,16-10-7-14-19-16)18-13-11-15-8-5-4-6-9-15/h3-10,14,18H,1,11-13H2,2H3/t17-/m0/s1. The molecule has 1 heterocycles. The molecule has 0 aliphatic heterocycles. The lowest BCUT2D eigenvalue weighted by Crippen LogP contribution is -2.40. The van der Waals surface area contributed by atoms with Crippen LogP contribution in [-0.2, 0) is 12.0 Å². The summed E-state index contributed by atoms with van der Waals surface area (Å²) in [6.07, 6.45) is 5.50. The number of benzene rings is 1. The molecule has 0 spiro atoms. The zero-order valence-corrected chi connectivity index (χ0v) is 11.4. The van der Waals surface area contributed by atoms with E-state index < -0.39 is 0 Å². The van der Waals surface area contributed by atoms with Crippen LogP contribution in [0.15, 0.2) is 65.8 Å². The number of rotatable bonds is 7. The van der Waals surface area contributed by atoms with Crippen LogP contribution in [0, 0.1) is 0 Å². The summed E-state index contributed by atoms with van der Waals surface area (Å²) in [6, 6.07) is 14.4. The Morgan fingerprint density at radius 2 is 2.00 bits per heavy atom. The first kappa shape index (κ1) is 13.6. The highest BCUT2D eigenvalue weighted by Gasteiger charge is 2.27. The van der Waals surface area contributed by atoms with Crippen LogP contribution >= 0.6 is 0 Å². The molecule has 0 radical (unpaired) electrons. The van der Waals surface area contributed by atoms with Gasteiger partial charge in [-0.25, -0.2) is 0 Å². The Morgan fingerprint density at radius 1 is 1.21 bits per heavy atom. The predicted molar refractivity (Wildman–Crippen MR) is 79.0 cm³/mol. The minimum absolute atomic E-state index is 0.181. The molecule has 100 valence electrons. The first-order valence-electron chi connectivity index (χ1n) is 6.68. The molecule has 2 aromatic rings. The van der Waals surface area contributed by atoms with Crippen molar-refractivity contribution in [3.8, 4) is 0 Å². The second-order valence-corrected chi connectivity index (χ2v) is 4.96. The Morgan fingerprint density at radius 3 is 2.63 bits per heavy atom. The fourth-order valence-electron chi connectivity index (χ4n) is 2.27. The van der Waals surface area contributed by atoms with Gasteiger partial charge in [-0.3, -0.25) is 0 Å². The Bertz CT molecular complexity index is 489. The lowest BCUT2D eigenvalue weighted by atomic mass is 9.94. The van der Waals surface area contributed by atoms with E-state index in [9.17, 15) is 0 Å². The van der Waals surface area contributed by atoms with Gasteiger partial charge in [-0.1, -0.05) is 36.4 Å². The van der Waals surface area contributed by atoms with E-state index in [1.54, 1.807) is 6.26 Å². The zero-order chi connectivity index (χ0) is 13.6. The molecule has 0 unspecified atom stereocenters. The first-order valence-corrected chi connectivity index (χ1v) is 6.68. The molecule has 0 fully saturated rings. The topological polar surface area (TPSA) is 25.2 Å². The van der Waals surface area contributed by atoms with Gasteiger partial charge in [0.2, 0.25) is 0 Å². The molecular formula is C17H21NO. The van der Waals surface area contributed by atoms with Gasteiger partial charge in [0, 0.05) is 6.54 Å². The highest BCUT2D eigenvalue weighted by Crippen LogP contribution is 2.25. The molecule has 1 N–H and O–H groups in total. The van der Waals surface area contributed by atoms with E-state index in [1.165, 1.54) is 5.56 Å². The van der Waals surface area contributed by atoms with Gasteiger partial charge in [-0.15, -0.1) is 6.58 Å². The maximum absolute atomic E-state index is 5.54. The van der Waals surface area contributed by atoms with Crippen molar-refractivity contribution in [1.82, 2.24) is 5.32 Å². The summed E-state index contributed by atoms with van der Waals surface area (Å²) in [6.45, 7) is 6.90. The third-order valence-electron chi connectivity index (χ3n) is 3.39. The Labute approximate surface area is 115 Å². The maximum atomic E-state index is 5.54. The minimum atomic E-state index is -0.181. The summed E-state index contributed by atoms with van der Waals surface area (Å²) >= 11 is 0. The Balaban J connectivity index is 1.96. The van der Waals surface area contributed by atoms with Gasteiger partial charge in [0.1, 0.15) is 5.76 Å². The lowest BCUT2D eigenvalue weighted by Gasteiger charge is -2.27. The number of furan rings is 1. The molecule has 2 heteroatoms. The third kappa shape index (κ3) is 3.58. The van der Waals surface area contributed by atoms with Crippen molar-refractivity contribution in [3.05, 3.63) is 72.7 Å².